The second kappa shape index (κ2) is 4.99. The monoisotopic (exact) mass is 219 g/mol. The second-order valence-electron chi connectivity index (χ2n) is 3.79. The van der Waals surface area contributed by atoms with Gasteiger partial charge in [0.05, 0.1) is 24.3 Å². The van der Waals surface area contributed by atoms with E-state index in [1.807, 2.05) is 24.7 Å². The van der Waals surface area contributed by atoms with Gasteiger partial charge in [0.2, 0.25) is 0 Å². The summed E-state index contributed by atoms with van der Waals surface area (Å²) in [6.45, 7) is 5.95. The Balaban J connectivity index is 1.92. The lowest BCUT2D eigenvalue weighted by atomic mass is 10.2. The van der Waals surface area contributed by atoms with E-state index in [1.165, 1.54) is 5.69 Å². The van der Waals surface area contributed by atoms with Crippen molar-refractivity contribution in [2.45, 2.75) is 33.0 Å². The molecule has 0 radical (unpaired) electrons. The molecule has 4 nitrogen and oxygen atoms in total. The maximum atomic E-state index is 5.34. The summed E-state index contributed by atoms with van der Waals surface area (Å²) >= 11 is 0. The van der Waals surface area contributed by atoms with Crippen LogP contribution >= 0.6 is 0 Å². The van der Waals surface area contributed by atoms with E-state index in [-0.39, 0.29) is 6.04 Å². The molecule has 4 heteroatoms. The second-order valence-corrected chi connectivity index (χ2v) is 3.79. The van der Waals surface area contributed by atoms with E-state index in [0.29, 0.717) is 0 Å². The standard InChI is InChI=1S/C12H17N3O/c1-3-15-9-13-7-11(15)8-14-10(2)12-5-4-6-16-12/h4-7,9-10,14H,3,8H2,1-2H3/t10-/m0/s1. The Labute approximate surface area is 95.3 Å². The molecule has 0 saturated heterocycles. The predicted molar refractivity (Wildman–Crippen MR) is 61.9 cm³/mol. The van der Waals surface area contributed by atoms with Crippen molar-refractivity contribution in [3.63, 3.8) is 0 Å². The van der Waals surface area contributed by atoms with Crippen LogP contribution in [0.2, 0.25) is 0 Å². The third-order valence-corrected chi connectivity index (χ3v) is 2.70. The maximum Gasteiger partial charge on any atom is 0.120 e. The van der Waals surface area contributed by atoms with Gasteiger partial charge in [-0.05, 0) is 26.0 Å². The average molecular weight is 219 g/mol. The van der Waals surface area contributed by atoms with Crippen molar-refractivity contribution in [2.75, 3.05) is 0 Å². The van der Waals surface area contributed by atoms with Crippen LogP contribution in [0.5, 0.6) is 0 Å². The zero-order chi connectivity index (χ0) is 11.4. The number of nitrogens with zero attached hydrogens (tertiary/aromatic N) is 2. The van der Waals surface area contributed by atoms with E-state index in [0.717, 1.165) is 18.8 Å². The van der Waals surface area contributed by atoms with Gasteiger partial charge in [-0.1, -0.05) is 0 Å². The summed E-state index contributed by atoms with van der Waals surface area (Å²) in [5, 5.41) is 3.41. The Hall–Kier alpha value is -1.55. The van der Waals surface area contributed by atoms with Crippen LogP contribution in [-0.2, 0) is 13.1 Å². The minimum atomic E-state index is 0.218. The molecule has 16 heavy (non-hydrogen) atoms. The van der Waals surface area contributed by atoms with E-state index in [1.54, 1.807) is 6.26 Å². The average Bonchev–Trinajstić information content (AvgIpc) is 2.96. The molecule has 2 rings (SSSR count). The van der Waals surface area contributed by atoms with Gasteiger partial charge >= 0.3 is 0 Å². The van der Waals surface area contributed by atoms with Crippen LogP contribution in [0.25, 0.3) is 0 Å². The van der Waals surface area contributed by atoms with Crippen molar-refractivity contribution < 1.29 is 4.42 Å². The van der Waals surface area contributed by atoms with E-state index in [4.69, 9.17) is 4.42 Å². The zero-order valence-electron chi connectivity index (χ0n) is 9.68. The minimum Gasteiger partial charge on any atom is -0.468 e. The summed E-state index contributed by atoms with van der Waals surface area (Å²) in [6, 6.07) is 4.11. The van der Waals surface area contributed by atoms with Crippen LogP contribution in [0.4, 0.5) is 0 Å². The largest absolute Gasteiger partial charge is 0.468 e. The van der Waals surface area contributed by atoms with Gasteiger partial charge in [-0.3, -0.25) is 0 Å². The Bertz CT molecular complexity index is 419. The van der Waals surface area contributed by atoms with E-state index in [2.05, 4.69) is 28.7 Å². The molecule has 0 unspecified atom stereocenters. The van der Waals surface area contributed by atoms with Crippen LogP contribution in [0.15, 0.2) is 35.3 Å². The van der Waals surface area contributed by atoms with Crippen LogP contribution in [-0.4, -0.2) is 9.55 Å². The molecule has 0 aliphatic heterocycles. The fourth-order valence-corrected chi connectivity index (χ4v) is 1.68. The van der Waals surface area contributed by atoms with E-state index < -0.39 is 0 Å². The van der Waals surface area contributed by atoms with Crippen molar-refractivity contribution in [3.8, 4) is 0 Å². The van der Waals surface area contributed by atoms with Crippen molar-refractivity contribution in [1.82, 2.24) is 14.9 Å². The lowest BCUT2D eigenvalue weighted by Crippen LogP contribution is -2.19. The van der Waals surface area contributed by atoms with Gasteiger partial charge in [-0.15, -0.1) is 0 Å². The van der Waals surface area contributed by atoms with Crippen LogP contribution in [0, 0.1) is 0 Å². The molecule has 2 aromatic rings. The number of furan rings is 1. The molecule has 2 aromatic heterocycles. The summed E-state index contributed by atoms with van der Waals surface area (Å²) < 4.78 is 7.46. The Morgan fingerprint density at radius 2 is 2.44 bits per heavy atom. The molecule has 0 fully saturated rings. The summed E-state index contributed by atoms with van der Waals surface area (Å²) in [7, 11) is 0. The summed E-state index contributed by atoms with van der Waals surface area (Å²) in [6.07, 6.45) is 5.45. The lowest BCUT2D eigenvalue weighted by molar-refractivity contribution is 0.426. The number of aromatic nitrogens is 2. The fourth-order valence-electron chi connectivity index (χ4n) is 1.68. The predicted octanol–water partition coefficient (Wildman–Crippen LogP) is 2.35. The van der Waals surface area contributed by atoms with Crippen LogP contribution in [0.1, 0.15) is 31.3 Å². The van der Waals surface area contributed by atoms with E-state index in [9.17, 15) is 0 Å². The molecule has 0 amide bonds. The van der Waals surface area contributed by atoms with Crippen molar-refractivity contribution in [1.29, 1.82) is 0 Å². The third kappa shape index (κ3) is 2.33. The van der Waals surface area contributed by atoms with Gasteiger partial charge < -0.3 is 14.3 Å². The number of hydrogen-bond acceptors (Lipinski definition) is 3. The highest BCUT2D eigenvalue weighted by molar-refractivity contribution is 5.04. The third-order valence-electron chi connectivity index (χ3n) is 2.70. The minimum absolute atomic E-state index is 0.218. The van der Waals surface area contributed by atoms with E-state index >= 15 is 0 Å². The highest BCUT2D eigenvalue weighted by Gasteiger charge is 2.08. The zero-order valence-corrected chi connectivity index (χ0v) is 9.68. The molecule has 1 N–H and O–H groups in total. The highest BCUT2D eigenvalue weighted by atomic mass is 16.3. The van der Waals surface area contributed by atoms with Gasteiger partial charge in [-0.25, -0.2) is 4.98 Å². The summed E-state index contributed by atoms with van der Waals surface area (Å²) in [4.78, 5) is 4.13. The number of aryl methyl sites for hydroxylation is 1. The van der Waals surface area contributed by atoms with Crippen molar-refractivity contribution in [2.24, 2.45) is 0 Å². The number of rotatable bonds is 5. The first-order valence-corrected chi connectivity index (χ1v) is 5.57. The molecule has 1 atom stereocenters. The number of nitrogens with one attached hydrogen (secondary N) is 1. The Morgan fingerprint density at radius 3 is 3.12 bits per heavy atom. The SMILES string of the molecule is CCn1cncc1CN[C@@H](C)c1ccco1. The number of imidazole rings is 1. The van der Waals surface area contributed by atoms with Crippen molar-refractivity contribution >= 4 is 0 Å². The highest BCUT2D eigenvalue weighted by Crippen LogP contribution is 2.13. The molecule has 0 aliphatic carbocycles. The van der Waals surface area contributed by atoms with Gasteiger partial charge in [0.25, 0.3) is 0 Å². The fraction of sp³-hybridized carbons (Fsp3) is 0.417. The summed E-state index contributed by atoms with van der Waals surface area (Å²) in [5.41, 5.74) is 1.20. The van der Waals surface area contributed by atoms with Crippen molar-refractivity contribution in [3.05, 3.63) is 42.4 Å². The molecule has 86 valence electrons. The topological polar surface area (TPSA) is 43.0 Å². The first-order chi connectivity index (χ1) is 7.81. The van der Waals surface area contributed by atoms with Gasteiger partial charge in [0.15, 0.2) is 0 Å². The molecule has 0 spiro atoms. The first kappa shape index (κ1) is 11.0. The molecule has 0 bridgehead atoms. The van der Waals surface area contributed by atoms with Crippen LogP contribution in [0.3, 0.4) is 0 Å². The van der Waals surface area contributed by atoms with Gasteiger partial charge in [0.1, 0.15) is 5.76 Å². The Morgan fingerprint density at radius 1 is 1.56 bits per heavy atom. The summed E-state index contributed by atoms with van der Waals surface area (Å²) in [5.74, 6) is 0.961. The van der Waals surface area contributed by atoms with Crippen LogP contribution < -0.4 is 5.32 Å². The molecule has 0 aromatic carbocycles. The Kier molecular flexibility index (Phi) is 3.41. The molecule has 0 saturated carbocycles. The van der Waals surface area contributed by atoms with Gasteiger partial charge in [0, 0.05) is 19.3 Å². The van der Waals surface area contributed by atoms with Gasteiger partial charge in [-0.2, -0.15) is 0 Å². The smallest absolute Gasteiger partial charge is 0.120 e. The first-order valence-electron chi connectivity index (χ1n) is 5.57. The lowest BCUT2D eigenvalue weighted by Gasteiger charge is -2.12. The normalized spacial score (nSPS) is 12.9. The maximum absolute atomic E-state index is 5.34. The molecule has 0 aliphatic rings. The molecular formula is C12H17N3O. The number of hydrogen-bond donors (Lipinski definition) is 1. The quantitative estimate of drug-likeness (QED) is 0.839. The molecular weight excluding hydrogens is 202 g/mol. The molecule has 2 heterocycles.